The molecule has 0 radical (unpaired) electrons. The van der Waals surface area contributed by atoms with Crippen LogP contribution in [0.4, 0.5) is 15.9 Å². The fourth-order valence-electron chi connectivity index (χ4n) is 4.79. The molecule has 2 aliphatic rings. The van der Waals surface area contributed by atoms with Crippen molar-refractivity contribution in [3.05, 3.63) is 74.8 Å². The number of aryl methyl sites for hydroxylation is 1. The first-order valence-electron chi connectivity index (χ1n) is 12.9. The molecule has 1 aromatic carbocycles. The van der Waals surface area contributed by atoms with Crippen LogP contribution in [0.2, 0.25) is 0 Å². The van der Waals surface area contributed by atoms with Crippen molar-refractivity contribution in [2.45, 2.75) is 33.1 Å². The van der Waals surface area contributed by atoms with Crippen LogP contribution in [0.5, 0.6) is 0 Å². The number of amides is 1. The van der Waals surface area contributed by atoms with Crippen molar-refractivity contribution in [2.24, 2.45) is 0 Å². The number of thiocarbonyl (C=S) groups is 1. The summed E-state index contributed by atoms with van der Waals surface area (Å²) in [5.74, 6) is 0.148. The van der Waals surface area contributed by atoms with Gasteiger partial charge in [-0.1, -0.05) is 49.8 Å². The third-order valence-electron chi connectivity index (χ3n) is 6.89. The average molecular weight is 552 g/mol. The number of fused-ring (bicyclic) bond motifs is 1. The van der Waals surface area contributed by atoms with Gasteiger partial charge in [-0.25, -0.2) is 9.37 Å². The molecule has 0 atom stereocenters. The standard InChI is InChI=1S/C28H30FN5O2S2/c1-3-4-5-12-33-27(36)23(38-28(33)37)17-22-25(30-24-11-6-19(2)18-34(24)26(22)35)32-15-13-31(14-16-32)21-9-7-20(29)8-10-21/h6-11,17-18H,3-5,12-16H2,1-2H3/b23-17+. The van der Waals surface area contributed by atoms with Gasteiger partial charge in [-0.15, -0.1) is 0 Å². The Bertz CT molecular complexity index is 1460. The van der Waals surface area contributed by atoms with Crippen molar-refractivity contribution >= 4 is 57.4 Å². The SMILES string of the molecule is CCCCCN1C(=O)/C(=C\c2c(N3CCN(c4ccc(F)cc4)CC3)nc3ccc(C)cn3c2=O)SC1=S. The summed E-state index contributed by atoms with van der Waals surface area (Å²) in [5.41, 5.74) is 2.62. The van der Waals surface area contributed by atoms with Crippen LogP contribution in [-0.2, 0) is 4.79 Å². The lowest BCUT2D eigenvalue weighted by Gasteiger charge is -2.37. The van der Waals surface area contributed by atoms with Gasteiger partial charge in [0.2, 0.25) is 0 Å². The third kappa shape index (κ3) is 5.33. The molecule has 2 aliphatic heterocycles. The number of nitrogens with zero attached hydrogens (tertiary/aromatic N) is 5. The number of halogens is 1. The maximum Gasteiger partial charge on any atom is 0.267 e. The van der Waals surface area contributed by atoms with Crippen molar-refractivity contribution in [3.8, 4) is 0 Å². The van der Waals surface area contributed by atoms with E-state index in [1.165, 1.54) is 23.9 Å². The minimum Gasteiger partial charge on any atom is -0.368 e. The van der Waals surface area contributed by atoms with Crippen LogP contribution in [0.1, 0.15) is 37.3 Å². The van der Waals surface area contributed by atoms with Gasteiger partial charge >= 0.3 is 0 Å². The van der Waals surface area contributed by atoms with Gasteiger partial charge in [0.05, 0.1) is 10.5 Å². The van der Waals surface area contributed by atoms with Gasteiger partial charge in [0.25, 0.3) is 11.5 Å². The molecule has 5 rings (SSSR count). The Kier molecular flexibility index (Phi) is 7.80. The third-order valence-corrected chi connectivity index (χ3v) is 8.27. The van der Waals surface area contributed by atoms with E-state index < -0.39 is 0 Å². The predicted octanol–water partition coefficient (Wildman–Crippen LogP) is 4.86. The molecule has 1 amide bonds. The molecule has 0 saturated carbocycles. The van der Waals surface area contributed by atoms with Gasteiger partial charge in [0, 0.05) is 44.6 Å². The number of thioether (sulfide) groups is 1. The van der Waals surface area contributed by atoms with E-state index in [0.717, 1.165) is 30.5 Å². The smallest absolute Gasteiger partial charge is 0.267 e. The van der Waals surface area contributed by atoms with Crippen molar-refractivity contribution in [3.63, 3.8) is 0 Å². The fraction of sp³-hybridized carbons (Fsp3) is 0.357. The minimum absolute atomic E-state index is 0.156. The summed E-state index contributed by atoms with van der Waals surface area (Å²) < 4.78 is 15.5. The molecule has 0 unspecified atom stereocenters. The van der Waals surface area contributed by atoms with Crippen LogP contribution in [0.3, 0.4) is 0 Å². The molecule has 38 heavy (non-hydrogen) atoms. The topological polar surface area (TPSA) is 61.2 Å². The van der Waals surface area contributed by atoms with Gasteiger partial charge in [-0.05, 0) is 55.3 Å². The maximum absolute atomic E-state index is 13.8. The molecule has 4 heterocycles. The number of hydrogen-bond donors (Lipinski definition) is 0. The highest BCUT2D eigenvalue weighted by atomic mass is 32.2. The van der Waals surface area contributed by atoms with Crippen LogP contribution in [0.15, 0.2) is 52.3 Å². The zero-order valence-corrected chi connectivity index (χ0v) is 23.2. The summed E-state index contributed by atoms with van der Waals surface area (Å²) in [6, 6.07) is 10.3. The Balaban J connectivity index is 1.49. The number of piperazine rings is 1. The van der Waals surface area contributed by atoms with E-state index in [4.69, 9.17) is 17.2 Å². The number of carbonyl (C=O) groups excluding carboxylic acids is 1. The van der Waals surface area contributed by atoms with E-state index in [9.17, 15) is 14.0 Å². The van der Waals surface area contributed by atoms with Gasteiger partial charge in [0.1, 0.15) is 21.6 Å². The monoisotopic (exact) mass is 551 g/mol. The molecule has 10 heteroatoms. The number of hydrogen-bond acceptors (Lipinski definition) is 7. The molecule has 0 bridgehead atoms. The number of carbonyl (C=O) groups is 1. The van der Waals surface area contributed by atoms with Crippen LogP contribution in [0.25, 0.3) is 11.7 Å². The fourth-order valence-corrected chi connectivity index (χ4v) is 6.08. The summed E-state index contributed by atoms with van der Waals surface area (Å²) in [6.45, 7) is 7.28. The first-order valence-corrected chi connectivity index (χ1v) is 14.1. The van der Waals surface area contributed by atoms with Crippen LogP contribution in [0, 0.1) is 12.7 Å². The molecule has 0 spiro atoms. The number of benzene rings is 1. The van der Waals surface area contributed by atoms with E-state index >= 15 is 0 Å². The minimum atomic E-state index is -0.260. The lowest BCUT2D eigenvalue weighted by Crippen LogP contribution is -2.47. The number of pyridine rings is 1. The van der Waals surface area contributed by atoms with Gasteiger partial charge < -0.3 is 9.80 Å². The van der Waals surface area contributed by atoms with E-state index in [0.29, 0.717) is 59.0 Å². The molecular weight excluding hydrogens is 521 g/mol. The van der Waals surface area contributed by atoms with Crippen LogP contribution >= 0.6 is 24.0 Å². The Hall–Kier alpha value is -3.24. The largest absolute Gasteiger partial charge is 0.368 e. The number of anilines is 2. The van der Waals surface area contributed by atoms with Gasteiger partial charge in [-0.2, -0.15) is 0 Å². The summed E-state index contributed by atoms with van der Waals surface area (Å²) in [5, 5.41) is 0. The zero-order chi connectivity index (χ0) is 26.8. The molecule has 7 nitrogen and oxygen atoms in total. The lowest BCUT2D eigenvalue weighted by molar-refractivity contribution is -0.122. The highest BCUT2D eigenvalue weighted by Crippen LogP contribution is 2.34. The summed E-state index contributed by atoms with van der Waals surface area (Å²) in [6.07, 6.45) is 6.42. The number of rotatable bonds is 7. The predicted molar refractivity (Wildman–Crippen MR) is 156 cm³/mol. The first kappa shape index (κ1) is 26.4. The second kappa shape index (κ2) is 11.2. The van der Waals surface area contributed by atoms with Gasteiger partial charge in [-0.3, -0.25) is 18.9 Å². The first-order chi connectivity index (χ1) is 18.4. The van der Waals surface area contributed by atoms with E-state index in [2.05, 4.69) is 16.7 Å². The number of aromatic nitrogens is 2. The van der Waals surface area contributed by atoms with Crippen molar-refractivity contribution in [1.29, 1.82) is 0 Å². The molecule has 0 N–H and O–H groups in total. The highest BCUT2D eigenvalue weighted by Gasteiger charge is 2.33. The molecule has 0 aliphatic carbocycles. The summed E-state index contributed by atoms with van der Waals surface area (Å²) in [4.78, 5) is 38.2. The molecule has 2 fully saturated rings. The molecule has 198 valence electrons. The molecular formula is C28H30FN5O2S2. The zero-order valence-electron chi connectivity index (χ0n) is 21.5. The van der Waals surface area contributed by atoms with Gasteiger partial charge in [0.15, 0.2) is 0 Å². The average Bonchev–Trinajstić information content (AvgIpc) is 3.18. The molecule has 2 aromatic heterocycles. The van der Waals surface area contributed by atoms with Crippen molar-refractivity contribution in [1.82, 2.24) is 14.3 Å². The normalized spacial score (nSPS) is 17.3. The Morgan fingerprint density at radius 2 is 1.74 bits per heavy atom. The van der Waals surface area contributed by atoms with E-state index in [1.54, 1.807) is 33.7 Å². The Labute approximate surface area is 230 Å². The number of unbranched alkanes of at least 4 members (excludes halogenated alkanes) is 2. The lowest BCUT2D eigenvalue weighted by atomic mass is 10.2. The van der Waals surface area contributed by atoms with Crippen LogP contribution < -0.4 is 15.4 Å². The quantitative estimate of drug-likeness (QED) is 0.236. The van der Waals surface area contributed by atoms with Crippen LogP contribution in [-0.4, -0.2) is 57.2 Å². The van der Waals surface area contributed by atoms with Crippen molar-refractivity contribution in [2.75, 3.05) is 42.5 Å². The molecule has 2 saturated heterocycles. The van der Waals surface area contributed by atoms with E-state index in [1.807, 2.05) is 19.1 Å². The molecule has 3 aromatic rings. The Morgan fingerprint density at radius 1 is 1.03 bits per heavy atom. The second-order valence-electron chi connectivity index (χ2n) is 9.58. The maximum atomic E-state index is 13.8. The summed E-state index contributed by atoms with van der Waals surface area (Å²) in [7, 11) is 0. The van der Waals surface area contributed by atoms with E-state index in [-0.39, 0.29) is 17.3 Å². The Morgan fingerprint density at radius 3 is 2.45 bits per heavy atom. The highest BCUT2D eigenvalue weighted by molar-refractivity contribution is 8.26. The summed E-state index contributed by atoms with van der Waals surface area (Å²) >= 11 is 6.74. The van der Waals surface area contributed by atoms with Crippen molar-refractivity contribution < 1.29 is 9.18 Å². The second-order valence-corrected chi connectivity index (χ2v) is 11.3.